The first kappa shape index (κ1) is 23.0. The SMILES string of the molecule is CC(C)C(O)C(C)(C)CO.CC(O)CO.O=C1C=CC(=O)O1. The number of cyclic esters (lactones) is 2. The highest BCUT2D eigenvalue weighted by Gasteiger charge is 2.28. The molecule has 0 saturated carbocycles. The molecule has 0 saturated heterocycles. The molecule has 7 heteroatoms. The fourth-order valence-electron chi connectivity index (χ4n) is 1.30. The van der Waals surface area contributed by atoms with Gasteiger partial charge in [-0.15, -0.1) is 0 Å². The van der Waals surface area contributed by atoms with E-state index in [1.54, 1.807) is 0 Å². The van der Waals surface area contributed by atoms with Crippen molar-refractivity contribution in [1.29, 1.82) is 0 Å². The molecule has 7 nitrogen and oxygen atoms in total. The standard InChI is InChI=1S/C8H18O2.C4H2O3.C3H8O2/c1-6(2)7(10)8(3,4)5-9;5-3-1-2-4(6)7-3;1-3(5)2-4/h6-7,9-10H,5H2,1-4H3;1-2H;3-5H,2H2,1H3. The summed E-state index contributed by atoms with van der Waals surface area (Å²) in [5.74, 6) is -0.947. The van der Waals surface area contributed by atoms with E-state index in [9.17, 15) is 14.7 Å². The Hall–Kier alpha value is -1.28. The average molecular weight is 320 g/mol. The van der Waals surface area contributed by atoms with E-state index in [1.165, 1.54) is 6.92 Å². The molecule has 0 aromatic carbocycles. The van der Waals surface area contributed by atoms with Crippen molar-refractivity contribution >= 4 is 11.9 Å². The Morgan fingerprint density at radius 3 is 1.50 bits per heavy atom. The molecule has 0 aromatic rings. The third-order valence-electron chi connectivity index (χ3n) is 2.66. The van der Waals surface area contributed by atoms with E-state index in [0.717, 1.165) is 12.2 Å². The maximum atomic E-state index is 9.92. The average Bonchev–Trinajstić information content (AvgIpc) is 2.82. The van der Waals surface area contributed by atoms with Crippen LogP contribution in [0.4, 0.5) is 0 Å². The summed E-state index contributed by atoms with van der Waals surface area (Å²) in [7, 11) is 0. The van der Waals surface area contributed by atoms with Gasteiger partial charge in [0.1, 0.15) is 0 Å². The molecule has 22 heavy (non-hydrogen) atoms. The van der Waals surface area contributed by atoms with E-state index in [1.807, 2.05) is 27.7 Å². The normalized spacial score (nSPS) is 16.3. The lowest BCUT2D eigenvalue weighted by Gasteiger charge is -2.30. The molecule has 2 unspecified atom stereocenters. The van der Waals surface area contributed by atoms with E-state index in [-0.39, 0.29) is 24.5 Å². The zero-order valence-electron chi connectivity index (χ0n) is 13.8. The summed E-state index contributed by atoms with van der Waals surface area (Å²) < 4.78 is 3.97. The molecule has 0 fully saturated rings. The van der Waals surface area contributed by atoms with Crippen LogP contribution in [0, 0.1) is 11.3 Å². The van der Waals surface area contributed by atoms with Crippen LogP contribution in [-0.2, 0) is 14.3 Å². The zero-order chi connectivity index (χ0) is 17.9. The first-order valence-corrected chi connectivity index (χ1v) is 6.99. The van der Waals surface area contributed by atoms with Crippen molar-refractivity contribution in [2.24, 2.45) is 11.3 Å². The Bertz CT molecular complexity index is 343. The van der Waals surface area contributed by atoms with Crippen LogP contribution >= 0.6 is 0 Å². The Morgan fingerprint density at radius 1 is 1.05 bits per heavy atom. The Kier molecular flexibility index (Phi) is 11.8. The number of esters is 2. The van der Waals surface area contributed by atoms with Crippen molar-refractivity contribution < 1.29 is 34.8 Å². The van der Waals surface area contributed by atoms with Crippen LogP contribution in [0.15, 0.2) is 12.2 Å². The number of aliphatic hydroxyl groups is 4. The molecule has 2 atom stereocenters. The monoisotopic (exact) mass is 320 g/mol. The molecule has 0 radical (unpaired) electrons. The molecule has 1 aliphatic rings. The Morgan fingerprint density at radius 2 is 1.41 bits per heavy atom. The summed E-state index contributed by atoms with van der Waals surface area (Å²) in [5, 5.41) is 34.4. The fraction of sp³-hybridized carbons (Fsp3) is 0.733. The van der Waals surface area contributed by atoms with Crippen LogP contribution in [0.2, 0.25) is 0 Å². The van der Waals surface area contributed by atoms with E-state index in [2.05, 4.69) is 4.74 Å². The Labute approximate surface area is 131 Å². The molecule has 0 aliphatic carbocycles. The molecule has 0 aromatic heterocycles. The number of hydrogen-bond donors (Lipinski definition) is 4. The highest BCUT2D eigenvalue weighted by Crippen LogP contribution is 2.24. The highest BCUT2D eigenvalue weighted by atomic mass is 16.6. The van der Waals surface area contributed by atoms with Crippen molar-refractivity contribution in [3.8, 4) is 0 Å². The minimum Gasteiger partial charge on any atom is -0.396 e. The smallest absolute Gasteiger partial charge is 0.338 e. The first-order valence-electron chi connectivity index (χ1n) is 6.99. The number of carbonyl (C=O) groups is 2. The fourth-order valence-corrected chi connectivity index (χ4v) is 1.30. The van der Waals surface area contributed by atoms with Gasteiger partial charge in [0.25, 0.3) is 0 Å². The number of hydrogen-bond acceptors (Lipinski definition) is 7. The lowest BCUT2D eigenvalue weighted by Crippen LogP contribution is -2.36. The quantitative estimate of drug-likeness (QED) is 0.425. The van der Waals surface area contributed by atoms with Gasteiger partial charge in [-0.3, -0.25) is 0 Å². The van der Waals surface area contributed by atoms with Crippen molar-refractivity contribution in [3.63, 3.8) is 0 Å². The van der Waals surface area contributed by atoms with Gasteiger partial charge in [0.05, 0.1) is 25.4 Å². The molecule has 0 amide bonds. The predicted molar refractivity (Wildman–Crippen MR) is 80.7 cm³/mol. The number of rotatable bonds is 4. The van der Waals surface area contributed by atoms with E-state index >= 15 is 0 Å². The summed E-state index contributed by atoms with van der Waals surface area (Å²) in [6.07, 6.45) is 1.19. The van der Waals surface area contributed by atoms with Crippen molar-refractivity contribution in [2.45, 2.75) is 46.8 Å². The summed E-state index contributed by atoms with van der Waals surface area (Å²) >= 11 is 0. The van der Waals surface area contributed by atoms with Gasteiger partial charge >= 0.3 is 11.9 Å². The summed E-state index contributed by atoms with van der Waals surface area (Å²) in [6, 6.07) is 0. The van der Waals surface area contributed by atoms with Crippen LogP contribution < -0.4 is 0 Å². The molecule has 0 bridgehead atoms. The minimum atomic E-state index is -0.579. The second-order valence-corrected chi connectivity index (χ2v) is 5.94. The topological polar surface area (TPSA) is 124 Å². The second-order valence-electron chi connectivity index (χ2n) is 5.94. The molecule has 1 rings (SSSR count). The van der Waals surface area contributed by atoms with E-state index in [0.29, 0.717) is 0 Å². The molecule has 0 spiro atoms. The van der Waals surface area contributed by atoms with Crippen LogP contribution in [0.25, 0.3) is 0 Å². The van der Waals surface area contributed by atoms with Gasteiger partial charge < -0.3 is 25.2 Å². The van der Waals surface area contributed by atoms with Gasteiger partial charge in [-0.1, -0.05) is 27.7 Å². The number of carbonyl (C=O) groups excluding carboxylic acids is 2. The lowest BCUT2D eigenvalue weighted by molar-refractivity contribution is -0.150. The van der Waals surface area contributed by atoms with Gasteiger partial charge in [0, 0.05) is 17.6 Å². The second kappa shape index (κ2) is 11.3. The molecule has 1 heterocycles. The zero-order valence-corrected chi connectivity index (χ0v) is 13.8. The molecular formula is C15H28O7. The third kappa shape index (κ3) is 11.4. The lowest BCUT2D eigenvalue weighted by atomic mass is 9.82. The van der Waals surface area contributed by atoms with Gasteiger partial charge in [-0.05, 0) is 12.8 Å². The van der Waals surface area contributed by atoms with E-state index in [4.69, 9.17) is 15.3 Å². The van der Waals surface area contributed by atoms with Gasteiger partial charge in [-0.25, -0.2) is 9.59 Å². The number of aliphatic hydroxyl groups excluding tert-OH is 4. The molecule has 130 valence electrons. The third-order valence-corrected chi connectivity index (χ3v) is 2.66. The van der Waals surface area contributed by atoms with Gasteiger partial charge in [0.2, 0.25) is 0 Å². The van der Waals surface area contributed by atoms with Crippen molar-refractivity contribution in [1.82, 2.24) is 0 Å². The first-order chi connectivity index (χ1) is 9.97. The van der Waals surface area contributed by atoms with Gasteiger partial charge in [-0.2, -0.15) is 0 Å². The highest BCUT2D eigenvalue weighted by molar-refractivity contribution is 6.04. The molecule has 4 N–H and O–H groups in total. The largest absolute Gasteiger partial charge is 0.396 e. The maximum Gasteiger partial charge on any atom is 0.338 e. The molecular weight excluding hydrogens is 292 g/mol. The predicted octanol–water partition coefficient (Wildman–Crippen LogP) is 0.00730. The Balaban J connectivity index is 0. The summed E-state index contributed by atoms with van der Waals surface area (Å²) in [6.45, 7) is 9.03. The summed E-state index contributed by atoms with van der Waals surface area (Å²) in [5.41, 5.74) is -0.367. The van der Waals surface area contributed by atoms with Crippen molar-refractivity contribution in [2.75, 3.05) is 13.2 Å². The van der Waals surface area contributed by atoms with Crippen LogP contribution in [0.5, 0.6) is 0 Å². The van der Waals surface area contributed by atoms with Gasteiger partial charge in [0.15, 0.2) is 0 Å². The van der Waals surface area contributed by atoms with Crippen molar-refractivity contribution in [3.05, 3.63) is 12.2 Å². The molecule has 1 aliphatic heterocycles. The van der Waals surface area contributed by atoms with E-state index < -0.39 is 24.1 Å². The minimum absolute atomic E-state index is 0.0341. The van der Waals surface area contributed by atoms with Crippen LogP contribution in [-0.4, -0.2) is 57.8 Å². The maximum absolute atomic E-state index is 9.92. The number of ether oxygens (including phenoxy) is 1. The summed E-state index contributed by atoms with van der Waals surface area (Å²) in [4.78, 5) is 19.8. The van der Waals surface area contributed by atoms with Crippen LogP contribution in [0.3, 0.4) is 0 Å². The van der Waals surface area contributed by atoms with Crippen LogP contribution in [0.1, 0.15) is 34.6 Å².